The average molecular weight is 569 g/mol. The van der Waals surface area contributed by atoms with Crippen LogP contribution in [-0.2, 0) is 0 Å². The van der Waals surface area contributed by atoms with Crippen LogP contribution in [-0.4, -0.2) is 0 Å². The number of rotatable bonds is 2. The molecule has 198 valence electrons. The third kappa shape index (κ3) is 3.17. The highest BCUT2D eigenvalue weighted by atomic mass is 16.5. The van der Waals surface area contributed by atoms with Gasteiger partial charge in [-0.2, -0.15) is 0 Å². The van der Waals surface area contributed by atoms with Crippen LogP contribution in [0, 0.1) is 0 Å². The molecule has 1 aliphatic heterocycles. The van der Waals surface area contributed by atoms with Gasteiger partial charge in [-0.1, -0.05) is 133 Å². The first-order valence-corrected chi connectivity index (χ1v) is 12.9. The lowest BCUT2D eigenvalue weighted by molar-refractivity contribution is 0.493. The Hall–Kier alpha value is -5.66. The maximum atomic E-state index is 9.41. The summed E-state index contributed by atoms with van der Waals surface area (Å²) >= 11 is 0. The highest BCUT2D eigenvalue weighted by molar-refractivity contribution is 6.25. The molecule has 9 aromatic carbocycles. The van der Waals surface area contributed by atoms with Crippen LogP contribution >= 0.6 is 0 Å². The zero-order valence-electron chi connectivity index (χ0n) is 45.4. The quantitative estimate of drug-likeness (QED) is 0.188. The van der Waals surface area contributed by atoms with Crippen LogP contribution in [0.1, 0.15) is 32.9 Å². The Kier molecular flexibility index (Phi) is 1.96. The van der Waals surface area contributed by atoms with Gasteiger partial charge in [-0.05, 0) is 83.0 Å². The Morgan fingerprint density at radius 3 is 1.72 bits per heavy atom. The van der Waals surface area contributed by atoms with Crippen molar-refractivity contribution in [2.75, 3.05) is 0 Å². The summed E-state index contributed by atoms with van der Waals surface area (Å²) in [6.07, 6.45) is 0. The number of hydrogen-bond donors (Lipinski definition) is 0. The largest absolute Gasteiger partial charge is 0.455 e. The Balaban J connectivity index is 1.35. The van der Waals surface area contributed by atoms with Gasteiger partial charge < -0.3 is 4.74 Å². The predicted octanol–water partition coefficient (Wildman–Crippen LogP) is 12.0. The van der Waals surface area contributed by atoms with Gasteiger partial charge in [0.2, 0.25) is 0 Å². The summed E-state index contributed by atoms with van der Waals surface area (Å²) in [5.74, 6) is -1.08. The molecule has 0 saturated carbocycles. The lowest BCUT2D eigenvalue weighted by Gasteiger charge is -2.24. The minimum atomic E-state index is -0.972. The first-order chi connectivity index (χ1) is 31.3. The second kappa shape index (κ2) is 8.44. The van der Waals surface area contributed by atoms with Gasteiger partial charge in [0.25, 0.3) is 0 Å². The summed E-state index contributed by atoms with van der Waals surface area (Å²) in [7, 11) is 0. The van der Waals surface area contributed by atoms with E-state index >= 15 is 0 Å². The molecule has 1 aliphatic rings. The van der Waals surface area contributed by atoms with Crippen molar-refractivity contribution in [2.24, 2.45) is 0 Å². The fraction of sp³-hybridized carbons (Fsp3) is 0. The normalized spacial score (nSPS) is 20.2. The number of ether oxygens (including phenoxy) is 1. The van der Waals surface area contributed by atoms with Gasteiger partial charge in [0.05, 0.1) is 32.9 Å². The van der Waals surface area contributed by atoms with Gasteiger partial charge in [0.1, 0.15) is 11.5 Å². The predicted molar refractivity (Wildman–Crippen MR) is 182 cm³/mol. The second-order valence-corrected chi connectivity index (χ2v) is 9.76. The summed E-state index contributed by atoms with van der Waals surface area (Å²) in [5, 5.41) is -3.79. The second-order valence-electron chi connectivity index (χ2n) is 9.76. The van der Waals surface area contributed by atoms with E-state index in [4.69, 9.17) is 26.7 Å². The molecular formula is C42H24O. The molecule has 0 radical (unpaired) electrons. The van der Waals surface area contributed by atoms with E-state index in [0.717, 1.165) is 0 Å². The number of hydrogen-bond acceptors (Lipinski definition) is 1. The highest BCUT2D eigenvalue weighted by Gasteiger charge is 2.23. The fourth-order valence-electron chi connectivity index (χ4n) is 5.59. The molecule has 0 spiro atoms. The van der Waals surface area contributed by atoms with Crippen LogP contribution in [0.5, 0.6) is 11.5 Å². The summed E-state index contributed by atoms with van der Waals surface area (Å²) in [6.45, 7) is 0. The third-order valence-corrected chi connectivity index (χ3v) is 7.50. The maximum absolute atomic E-state index is 9.41. The van der Waals surface area contributed by atoms with E-state index < -0.39 is 217 Å². The Morgan fingerprint density at radius 2 is 0.907 bits per heavy atom. The van der Waals surface area contributed by atoms with Gasteiger partial charge in [0.15, 0.2) is 0 Å². The van der Waals surface area contributed by atoms with Crippen molar-refractivity contribution < 1.29 is 37.6 Å². The van der Waals surface area contributed by atoms with Crippen LogP contribution in [0.25, 0.3) is 87.2 Å². The van der Waals surface area contributed by atoms with Gasteiger partial charge in [-0.15, -0.1) is 0 Å². The minimum Gasteiger partial charge on any atom is -0.455 e. The lowest BCUT2D eigenvalue weighted by Crippen LogP contribution is -1.98. The zero-order chi connectivity index (χ0) is 49.0. The Labute approximate surface area is 282 Å². The van der Waals surface area contributed by atoms with Gasteiger partial charge in [0, 0.05) is 16.3 Å². The molecule has 0 amide bonds. The molecule has 0 saturated heterocycles. The molecule has 0 unspecified atom stereocenters. The van der Waals surface area contributed by atoms with Gasteiger partial charge in [-0.25, -0.2) is 0 Å². The van der Waals surface area contributed by atoms with Crippen molar-refractivity contribution in [2.45, 2.75) is 0 Å². The summed E-state index contributed by atoms with van der Waals surface area (Å²) in [5.41, 5.74) is -3.54. The summed E-state index contributed by atoms with van der Waals surface area (Å²) < 4.78 is 221. The molecule has 43 heavy (non-hydrogen) atoms. The molecule has 0 bridgehead atoms. The van der Waals surface area contributed by atoms with Crippen LogP contribution in [0.4, 0.5) is 0 Å². The molecule has 10 rings (SSSR count). The van der Waals surface area contributed by atoms with Gasteiger partial charge in [-0.3, -0.25) is 0 Å². The van der Waals surface area contributed by atoms with Crippen molar-refractivity contribution in [1.29, 1.82) is 0 Å². The van der Waals surface area contributed by atoms with Crippen LogP contribution < -0.4 is 4.74 Å². The van der Waals surface area contributed by atoms with Crippen LogP contribution in [0.3, 0.4) is 0 Å². The Bertz CT molecular complexity index is 3880. The van der Waals surface area contributed by atoms with E-state index in [2.05, 4.69) is 0 Å². The topological polar surface area (TPSA) is 9.23 Å². The molecule has 0 atom stereocenters. The van der Waals surface area contributed by atoms with E-state index in [1.165, 1.54) is 0 Å². The van der Waals surface area contributed by atoms with Crippen molar-refractivity contribution in [3.63, 3.8) is 0 Å². The first kappa shape index (κ1) is 9.97. The van der Waals surface area contributed by atoms with Crippen molar-refractivity contribution >= 4 is 53.9 Å². The number of fused-ring (bicyclic) bond motifs is 4. The lowest BCUT2D eigenvalue weighted by atomic mass is 9.88. The van der Waals surface area contributed by atoms with Crippen LogP contribution in [0.2, 0.25) is 0 Å². The van der Waals surface area contributed by atoms with E-state index in [9.17, 15) is 11.0 Å². The van der Waals surface area contributed by atoms with Crippen LogP contribution in [0.15, 0.2) is 145 Å². The van der Waals surface area contributed by atoms with Gasteiger partial charge >= 0.3 is 0 Å². The fourth-order valence-corrected chi connectivity index (χ4v) is 5.59. The summed E-state index contributed by atoms with van der Waals surface area (Å²) in [6, 6.07) is -18.8. The van der Waals surface area contributed by atoms with Crippen molar-refractivity contribution in [1.82, 2.24) is 0 Å². The van der Waals surface area contributed by atoms with E-state index in [0.29, 0.717) is 0 Å². The van der Waals surface area contributed by atoms with E-state index in [1.54, 1.807) is 0 Å². The number of benzene rings is 9. The highest BCUT2D eigenvalue weighted by Crippen LogP contribution is 2.51. The molecule has 0 aliphatic carbocycles. The summed E-state index contributed by atoms with van der Waals surface area (Å²) in [4.78, 5) is 0. The van der Waals surface area contributed by atoms with E-state index in [-0.39, 0.29) is 26.9 Å². The van der Waals surface area contributed by atoms with E-state index in [1.807, 2.05) is 0 Å². The molecule has 0 aromatic heterocycles. The van der Waals surface area contributed by atoms with Crippen molar-refractivity contribution in [3.8, 4) is 44.9 Å². The molecule has 1 heterocycles. The van der Waals surface area contributed by atoms with Crippen molar-refractivity contribution in [3.05, 3.63) is 145 Å². The molecule has 1 nitrogen and oxygen atoms in total. The minimum absolute atomic E-state index is 0.223. The smallest absolute Gasteiger partial charge is 0.143 e. The molecular weight excluding hydrogens is 520 g/mol. The monoisotopic (exact) mass is 568 g/mol. The average Bonchev–Trinajstić information content (AvgIpc) is 3.29. The molecule has 9 aromatic rings. The Morgan fingerprint density at radius 1 is 0.349 bits per heavy atom. The zero-order valence-corrected chi connectivity index (χ0v) is 21.4. The molecule has 0 fully saturated rings. The maximum Gasteiger partial charge on any atom is 0.143 e. The molecule has 0 N–H and O–H groups in total. The standard InChI is InChI=1S/C42H24O/c1-2-8-33-25(5-1)17-22-37-35-10-4-9-34-32(23-24-38(41(34)35)43-42(33)37)27-13-11-26(12-14-27)31-20-18-30-16-15-28-6-3-7-29-19-21-36(31)40(30)39(28)29/h1-24H/i1D,2D,3D,4D,5D,6D,7D,8D,9D,10D,11D,12D,13D,14D,15D,16D,17D,18D,19D,20D,21D,22D,23D,24D. The molecule has 1 heteroatoms. The SMILES string of the molecule is [2H]c1c([2H])c(-c2c([2H])c([2H])c3c([2H])c([2H])c4c([2H])c([2H])c([2H])c5c([2H])c([2H])c2c3c45)c([2H])c([2H])c1-c1c([2H])c([2H])c2c3c(c([2H])c([2H])c([2H])c13)-c1c([2H])c([2H])c3c([2H])c([2H])c([2H])c([2H])c3c1O2. The third-order valence-electron chi connectivity index (χ3n) is 7.50. The first-order valence-electron chi connectivity index (χ1n) is 24.9.